The Morgan fingerprint density at radius 1 is 1.33 bits per heavy atom. The summed E-state index contributed by atoms with van der Waals surface area (Å²) in [6.45, 7) is 0.624. The van der Waals surface area contributed by atoms with Gasteiger partial charge in [-0.2, -0.15) is 0 Å². The molecule has 100 valence electrons. The SMILES string of the molecule is CN(C(=O)[C@@H]1CCC[C@@H]1CN)c1ccccc1.Cl. The third-order valence-corrected chi connectivity index (χ3v) is 3.75. The monoisotopic (exact) mass is 268 g/mol. The van der Waals surface area contributed by atoms with Crippen molar-refractivity contribution in [3.63, 3.8) is 0 Å². The van der Waals surface area contributed by atoms with E-state index in [0.717, 1.165) is 24.9 Å². The van der Waals surface area contributed by atoms with Gasteiger partial charge in [-0.05, 0) is 37.4 Å². The van der Waals surface area contributed by atoms with Crippen LogP contribution in [-0.4, -0.2) is 19.5 Å². The summed E-state index contributed by atoms with van der Waals surface area (Å²) in [5.41, 5.74) is 6.69. The largest absolute Gasteiger partial charge is 0.330 e. The Kier molecular flexibility index (Phi) is 5.63. The van der Waals surface area contributed by atoms with Gasteiger partial charge in [-0.3, -0.25) is 4.79 Å². The second-order valence-electron chi connectivity index (χ2n) is 4.77. The maximum atomic E-state index is 12.4. The van der Waals surface area contributed by atoms with Crippen molar-refractivity contribution in [2.24, 2.45) is 17.6 Å². The third-order valence-electron chi connectivity index (χ3n) is 3.75. The highest BCUT2D eigenvalue weighted by molar-refractivity contribution is 5.94. The average Bonchev–Trinajstić information content (AvgIpc) is 2.86. The summed E-state index contributed by atoms with van der Waals surface area (Å²) < 4.78 is 0. The molecule has 0 spiro atoms. The van der Waals surface area contributed by atoms with Crippen molar-refractivity contribution >= 4 is 24.0 Å². The Morgan fingerprint density at radius 2 is 2.00 bits per heavy atom. The van der Waals surface area contributed by atoms with E-state index in [1.54, 1.807) is 4.90 Å². The highest BCUT2D eigenvalue weighted by Gasteiger charge is 2.33. The second-order valence-corrected chi connectivity index (χ2v) is 4.77. The molecule has 2 rings (SSSR count). The zero-order valence-electron chi connectivity index (χ0n) is 10.7. The molecule has 1 saturated carbocycles. The van der Waals surface area contributed by atoms with E-state index in [0.29, 0.717) is 12.5 Å². The molecule has 18 heavy (non-hydrogen) atoms. The summed E-state index contributed by atoms with van der Waals surface area (Å²) in [4.78, 5) is 14.1. The quantitative estimate of drug-likeness (QED) is 0.915. The highest BCUT2D eigenvalue weighted by atomic mass is 35.5. The van der Waals surface area contributed by atoms with Crippen LogP contribution < -0.4 is 10.6 Å². The average molecular weight is 269 g/mol. The van der Waals surface area contributed by atoms with Crippen molar-refractivity contribution in [2.75, 3.05) is 18.5 Å². The van der Waals surface area contributed by atoms with E-state index < -0.39 is 0 Å². The van der Waals surface area contributed by atoms with E-state index in [2.05, 4.69) is 0 Å². The summed E-state index contributed by atoms with van der Waals surface area (Å²) in [6.07, 6.45) is 3.20. The maximum Gasteiger partial charge on any atom is 0.230 e. The fraction of sp³-hybridized carbons (Fsp3) is 0.500. The molecule has 0 heterocycles. The molecule has 2 N–H and O–H groups in total. The van der Waals surface area contributed by atoms with Crippen LogP contribution in [0.15, 0.2) is 30.3 Å². The number of halogens is 1. The van der Waals surface area contributed by atoms with Crippen molar-refractivity contribution < 1.29 is 4.79 Å². The molecule has 0 aromatic heterocycles. The minimum Gasteiger partial charge on any atom is -0.330 e. The number of anilines is 1. The minimum atomic E-state index is 0. The van der Waals surface area contributed by atoms with Crippen LogP contribution in [0.1, 0.15) is 19.3 Å². The molecule has 0 bridgehead atoms. The van der Waals surface area contributed by atoms with Gasteiger partial charge in [0.2, 0.25) is 5.91 Å². The number of carbonyl (C=O) groups is 1. The predicted molar refractivity (Wildman–Crippen MR) is 77.0 cm³/mol. The van der Waals surface area contributed by atoms with Crippen LogP contribution >= 0.6 is 12.4 Å². The number of hydrogen-bond donors (Lipinski definition) is 1. The number of carbonyl (C=O) groups excluding carboxylic acids is 1. The first-order chi connectivity index (χ1) is 8.24. The van der Waals surface area contributed by atoms with Gasteiger partial charge in [0.05, 0.1) is 0 Å². The van der Waals surface area contributed by atoms with Gasteiger partial charge >= 0.3 is 0 Å². The first-order valence-corrected chi connectivity index (χ1v) is 6.26. The normalized spacial score (nSPS) is 22.3. The molecule has 0 unspecified atom stereocenters. The van der Waals surface area contributed by atoms with Gasteiger partial charge in [-0.15, -0.1) is 12.4 Å². The zero-order chi connectivity index (χ0) is 12.3. The fourth-order valence-corrected chi connectivity index (χ4v) is 2.67. The van der Waals surface area contributed by atoms with E-state index in [1.807, 2.05) is 37.4 Å². The van der Waals surface area contributed by atoms with E-state index in [-0.39, 0.29) is 24.2 Å². The molecule has 1 amide bonds. The molecular weight excluding hydrogens is 248 g/mol. The Balaban J connectivity index is 0.00000162. The molecule has 1 fully saturated rings. The van der Waals surface area contributed by atoms with Crippen molar-refractivity contribution in [1.82, 2.24) is 0 Å². The van der Waals surface area contributed by atoms with E-state index in [4.69, 9.17) is 5.73 Å². The molecule has 0 saturated heterocycles. The maximum absolute atomic E-state index is 12.4. The second kappa shape index (κ2) is 6.76. The van der Waals surface area contributed by atoms with Crippen LogP contribution in [-0.2, 0) is 4.79 Å². The topological polar surface area (TPSA) is 46.3 Å². The van der Waals surface area contributed by atoms with E-state index >= 15 is 0 Å². The summed E-state index contributed by atoms with van der Waals surface area (Å²) >= 11 is 0. The van der Waals surface area contributed by atoms with E-state index in [1.165, 1.54) is 0 Å². The smallest absolute Gasteiger partial charge is 0.230 e. The number of rotatable bonds is 3. The Labute approximate surface area is 115 Å². The lowest BCUT2D eigenvalue weighted by Gasteiger charge is -2.24. The van der Waals surface area contributed by atoms with Gasteiger partial charge in [0.1, 0.15) is 0 Å². The van der Waals surface area contributed by atoms with Gasteiger partial charge in [0.25, 0.3) is 0 Å². The zero-order valence-corrected chi connectivity index (χ0v) is 11.5. The van der Waals surface area contributed by atoms with Crippen LogP contribution in [0.2, 0.25) is 0 Å². The standard InChI is InChI=1S/C14H20N2O.ClH/c1-16(12-7-3-2-4-8-12)14(17)13-9-5-6-11(13)10-15;/h2-4,7-8,11,13H,5-6,9-10,15H2,1H3;1H/t11-,13-;/m1./s1. The first-order valence-electron chi connectivity index (χ1n) is 6.26. The molecule has 0 aliphatic heterocycles. The number of nitrogens with two attached hydrogens (primary N) is 1. The van der Waals surface area contributed by atoms with Crippen molar-refractivity contribution in [3.05, 3.63) is 30.3 Å². The van der Waals surface area contributed by atoms with Crippen molar-refractivity contribution in [2.45, 2.75) is 19.3 Å². The molecular formula is C14H21ClN2O. The molecule has 1 aromatic carbocycles. The third kappa shape index (κ3) is 3.03. The Morgan fingerprint density at radius 3 is 2.61 bits per heavy atom. The highest BCUT2D eigenvalue weighted by Crippen LogP contribution is 2.33. The van der Waals surface area contributed by atoms with Crippen molar-refractivity contribution in [3.8, 4) is 0 Å². The molecule has 0 radical (unpaired) electrons. The molecule has 4 heteroatoms. The lowest BCUT2D eigenvalue weighted by atomic mass is 9.95. The lowest BCUT2D eigenvalue weighted by molar-refractivity contribution is -0.123. The van der Waals surface area contributed by atoms with Crippen LogP contribution in [0.25, 0.3) is 0 Å². The van der Waals surface area contributed by atoms with E-state index in [9.17, 15) is 4.79 Å². The van der Waals surface area contributed by atoms with Crippen LogP contribution in [0.5, 0.6) is 0 Å². The number of hydrogen-bond acceptors (Lipinski definition) is 2. The van der Waals surface area contributed by atoms with Crippen LogP contribution in [0, 0.1) is 11.8 Å². The van der Waals surface area contributed by atoms with Gasteiger partial charge in [0, 0.05) is 18.7 Å². The summed E-state index contributed by atoms with van der Waals surface area (Å²) in [7, 11) is 1.85. The number of benzene rings is 1. The Bertz CT molecular complexity index is 383. The molecule has 2 atom stereocenters. The fourth-order valence-electron chi connectivity index (χ4n) is 2.67. The first kappa shape index (κ1) is 15.0. The van der Waals surface area contributed by atoms with Crippen LogP contribution in [0.3, 0.4) is 0 Å². The van der Waals surface area contributed by atoms with Gasteiger partial charge in [-0.25, -0.2) is 0 Å². The lowest BCUT2D eigenvalue weighted by Crippen LogP contribution is -2.36. The number of para-hydroxylation sites is 1. The number of amides is 1. The van der Waals surface area contributed by atoms with Crippen molar-refractivity contribution in [1.29, 1.82) is 0 Å². The predicted octanol–water partition coefficient (Wildman–Crippen LogP) is 2.45. The van der Waals surface area contributed by atoms with Gasteiger partial charge < -0.3 is 10.6 Å². The Hall–Kier alpha value is -1.06. The van der Waals surface area contributed by atoms with Gasteiger partial charge in [0.15, 0.2) is 0 Å². The summed E-state index contributed by atoms with van der Waals surface area (Å²) in [5.74, 6) is 0.697. The van der Waals surface area contributed by atoms with Gasteiger partial charge in [-0.1, -0.05) is 24.6 Å². The van der Waals surface area contributed by atoms with Crippen LogP contribution in [0.4, 0.5) is 5.69 Å². The molecule has 1 aliphatic carbocycles. The summed E-state index contributed by atoms with van der Waals surface area (Å²) in [5, 5.41) is 0. The molecule has 1 aliphatic rings. The summed E-state index contributed by atoms with van der Waals surface area (Å²) in [6, 6.07) is 9.79. The minimum absolute atomic E-state index is 0. The molecule has 3 nitrogen and oxygen atoms in total. The number of nitrogens with zero attached hydrogens (tertiary/aromatic N) is 1. The molecule has 1 aromatic rings.